The van der Waals surface area contributed by atoms with Crippen LogP contribution in [0.3, 0.4) is 0 Å². The van der Waals surface area contributed by atoms with Gasteiger partial charge in [0.1, 0.15) is 0 Å². The van der Waals surface area contributed by atoms with Gasteiger partial charge in [0, 0.05) is 17.8 Å². The lowest BCUT2D eigenvalue weighted by molar-refractivity contribution is -0.114. The van der Waals surface area contributed by atoms with Gasteiger partial charge in [-0.1, -0.05) is 0 Å². The molecule has 19 heavy (non-hydrogen) atoms. The van der Waals surface area contributed by atoms with Crippen molar-refractivity contribution in [3.8, 4) is 0 Å². The number of carboxylic acid groups (broad SMARTS) is 1. The zero-order valence-electron chi connectivity index (χ0n) is 9.51. The highest BCUT2D eigenvalue weighted by atomic mass is 79.9. The second-order valence-corrected chi connectivity index (χ2v) is 4.64. The van der Waals surface area contributed by atoms with Crippen LogP contribution in [-0.4, -0.2) is 22.6 Å². The summed E-state index contributed by atoms with van der Waals surface area (Å²) in [4.78, 5) is 33.8. The lowest BCUT2D eigenvalue weighted by Gasteiger charge is -2.11. The summed E-state index contributed by atoms with van der Waals surface area (Å²) in [5.41, 5.74) is 0.827. The first kappa shape index (κ1) is 13.2. The minimum absolute atomic E-state index is 0.146. The standard InChI is InChI=1S/C13H8BrNO4/c14-9-5-12(17)10(6-11(9)16)15-8-3-1-7(2-4-8)13(18)19/h1-6,15H,(H,18,19). The Morgan fingerprint density at radius 1 is 1.05 bits per heavy atom. The van der Waals surface area contributed by atoms with Gasteiger partial charge in [-0.25, -0.2) is 4.79 Å². The number of carbonyl (C=O) groups is 3. The molecular formula is C13H8BrNO4. The second-order valence-electron chi connectivity index (χ2n) is 3.79. The Balaban J connectivity index is 2.18. The highest BCUT2D eigenvalue weighted by Gasteiger charge is 2.18. The molecule has 0 heterocycles. The average Bonchev–Trinajstić information content (AvgIpc) is 2.36. The fourth-order valence-corrected chi connectivity index (χ4v) is 1.81. The third kappa shape index (κ3) is 2.97. The number of rotatable bonds is 3. The van der Waals surface area contributed by atoms with Gasteiger partial charge in [0.15, 0.2) is 5.78 Å². The van der Waals surface area contributed by atoms with E-state index in [-0.39, 0.29) is 27.3 Å². The van der Waals surface area contributed by atoms with Crippen LogP contribution < -0.4 is 5.32 Å². The van der Waals surface area contributed by atoms with Gasteiger partial charge in [0.05, 0.1) is 15.7 Å². The third-order valence-corrected chi connectivity index (χ3v) is 3.06. The first-order valence-electron chi connectivity index (χ1n) is 5.25. The van der Waals surface area contributed by atoms with E-state index in [0.29, 0.717) is 5.69 Å². The molecule has 96 valence electrons. The van der Waals surface area contributed by atoms with Gasteiger partial charge in [-0.05, 0) is 40.2 Å². The molecule has 0 radical (unpaired) electrons. The minimum atomic E-state index is -1.03. The van der Waals surface area contributed by atoms with Crippen molar-refractivity contribution < 1.29 is 19.5 Å². The van der Waals surface area contributed by atoms with Crippen LogP contribution in [0, 0.1) is 0 Å². The normalized spacial score (nSPS) is 14.8. The molecular weight excluding hydrogens is 314 g/mol. The van der Waals surface area contributed by atoms with Crippen LogP contribution >= 0.6 is 15.9 Å². The number of allylic oxidation sites excluding steroid dienone is 3. The zero-order valence-corrected chi connectivity index (χ0v) is 11.1. The van der Waals surface area contributed by atoms with Gasteiger partial charge in [0.2, 0.25) is 5.78 Å². The maximum absolute atomic E-state index is 11.6. The number of halogens is 1. The number of hydrogen-bond donors (Lipinski definition) is 2. The number of carboxylic acids is 1. The number of benzene rings is 1. The fraction of sp³-hybridized carbons (Fsp3) is 0. The summed E-state index contributed by atoms with van der Waals surface area (Å²) in [5, 5.41) is 11.5. The Labute approximate surface area is 116 Å². The SMILES string of the molecule is O=C1C=C(Nc2ccc(C(=O)O)cc2)C(=O)C=C1Br. The van der Waals surface area contributed by atoms with E-state index in [2.05, 4.69) is 21.2 Å². The van der Waals surface area contributed by atoms with Crippen LogP contribution in [0.4, 0.5) is 5.69 Å². The number of nitrogens with one attached hydrogen (secondary N) is 1. The van der Waals surface area contributed by atoms with Crippen LogP contribution in [0.1, 0.15) is 10.4 Å². The van der Waals surface area contributed by atoms with Gasteiger partial charge in [-0.2, -0.15) is 0 Å². The number of anilines is 1. The summed E-state index contributed by atoms with van der Waals surface area (Å²) in [6, 6.07) is 5.86. The van der Waals surface area contributed by atoms with Crippen LogP contribution in [0.25, 0.3) is 0 Å². The van der Waals surface area contributed by atoms with Crippen molar-refractivity contribution in [2.45, 2.75) is 0 Å². The maximum atomic E-state index is 11.6. The molecule has 2 N–H and O–H groups in total. The Morgan fingerprint density at radius 3 is 2.26 bits per heavy atom. The summed E-state index contributed by atoms with van der Waals surface area (Å²) in [7, 11) is 0. The molecule has 1 aromatic carbocycles. The van der Waals surface area contributed by atoms with Gasteiger partial charge < -0.3 is 10.4 Å². The van der Waals surface area contributed by atoms with E-state index in [4.69, 9.17) is 5.11 Å². The van der Waals surface area contributed by atoms with Crippen molar-refractivity contribution in [2.24, 2.45) is 0 Å². The Bertz CT molecular complexity index is 629. The number of ketones is 2. The summed E-state index contributed by atoms with van der Waals surface area (Å²) >= 11 is 2.99. The molecule has 0 bridgehead atoms. The van der Waals surface area contributed by atoms with Crippen LogP contribution in [0.2, 0.25) is 0 Å². The molecule has 0 fully saturated rings. The van der Waals surface area contributed by atoms with Crippen molar-refractivity contribution in [3.05, 3.63) is 52.2 Å². The van der Waals surface area contributed by atoms with E-state index in [1.165, 1.54) is 36.4 Å². The van der Waals surface area contributed by atoms with Crippen molar-refractivity contribution in [2.75, 3.05) is 5.32 Å². The summed E-state index contributed by atoms with van der Waals surface area (Å²) < 4.78 is 0.212. The second kappa shape index (κ2) is 5.19. The van der Waals surface area contributed by atoms with Crippen molar-refractivity contribution in [1.29, 1.82) is 0 Å². The average molecular weight is 322 g/mol. The van der Waals surface area contributed by atoms with E-state index in [1.54, 1.807) is 0 Å². The van der Waals surface area contributed by atoms with Gasteiger partial charge in [-0.3, -0.25) is 9.59 Å². The van der Waals surface area contributed by atoms with Crippen LogP contribution in [0.15, 0.2) is 46.6 Å². The first-order chi connectivity index (χ1) is 8.97. The van der Waals surface area contributed by atoms with Gasteiger partial charge in [0.25, 0.3) is 0 Å². The molecule has 0 atom stereocenters. The number of hydrogen-bond acceptors (Lipinski definition) is 4. The van der Waals surface area contributed by atoms with Crippen molar-refractivity contribution in [1.82, 2.24) is 0 Å². The molecule has 0 amide bonds. The molecule has 0 aliphatic heterocycles. The van der Waals surface area contributed by atoms with E-state index in [1.807, 2.05) is 0 Å². The zero-order chi connectivity index (χ0) is 14.0. The molecule has 5 nitrogen and oxygen atoms in total. The Kier molecular flexibility index (Phi) is 3.62. The molecule has 1 aliphatic rings. The predicted molar refractivity (Wildman–Crippen MR) is 72.1 cm³/mol. The molecule has 2 rings (SSSR count). The lowest BCUT2D eigenvalue weighted by Crippen LogP contribution is -2.16. The largest absolute Gasteiger partial charge is 0.478 e. The van der Waals surface area contributed by atoms with E-state index in [0.717, 1.165) is 0 Å². The fourth-order valence-electron chi connectivity index (χ4n) is 1.48. The summed E-state index contributed by atoms with van der Waals surface area (Å²) in [5.74, 6) is -1.65. The number of aromatic carboxylic acids is 1. The Morgan fingerprint density at radius 2 is 1.68 bits per heavy atom. The predicted octanol–water partition coefficient (Wildman–Crippen LogP) is 2.11. The molecule has 0 saturated heterocycles. The minimum Gasteiger partial charge on any atom is -0.478 e. The topological polar surface area (TPSA) is 83.5 Å². The lowest BCUT2D eigenvalue weighted by atomic mass is 10.1. The Hall–Kier alpha value is -2.21. The highest BCUT2D eigenvalue weighted by Crippen LogP contribution is 2.19. The van der Waals surface area contributed by atoms with Crippen LogP contribution in [-0.2, 0) is 9.59 Å². The molecule has 1 aliphatic carbocycles. The molecule has 0 saturated carbocycles. The third-order valence-electron chi connectivity index (χ3n) is 2.44. The smallest absolute Gasteiger partial charge is 0.335 e. The first-order valence-corrected chi connectivity index (χ1v) is 6.04. The molecule has 0 spiro atoms. The summed E-state index contributed by atoms with van der Waals surface area (Å²) in [6.07, 6.45) is 2.38. The van der Waals surface area contributed by atoms with E-state index in [9.17, 15) is 14.4 Å². The maximum Gasteiger partial charge on any atom is 0.335 e. The molecule has 6 heteroatoms. The molecule has 1 aromatic rings. The quantitative estimate of drug-likeness (QED) is 0.833. The highest BCUT2D eigenvalue weighted by molar-refractivity contribution is 9.12. The van der Waals surface area contributed by atoms with Crippen molar-refractivity contribution >= 4 is 39.2 Å². The monoisotopic (exact) mass is 321 g/mol. The van der Waals surface area contributed by atoms with Crippen LogP contribution in [0.5, 0.6) is 0 Å². The number of carbonyl (C=O) groups excluding carboxylic acids is 2. The van der Waals surface area contributed by atoms with Crippen molar-refractivity contribution in [3.63, 3.8) is 0 Å². The van der Waals surface area contributed by atoms with E-state index >= 15 is 0 Å². The summed E-state index contributed by atoms with van der Waals surface area (Å²) in [6.45, 7) is 0. The molecule has 0 aromatic heterocycles. The molecule has 0 unspecified atom stereocenters. The van der Waals surface area contributed by atoms with Gasteiger partial charge in [-0.15, -0.1) is 0 Å². The van der Waals surface area contributed by atoms with Gasteiger partial charge >= 0.3 is 5.97 Å². The van der Waals surface area contributed by atoms with E-state index < -0.39 is 5.97 Å².